The van der Waals surface area contributed by atoms with E-state index in [4.69, 9.17) is 4.98 Å². The number of thiazole rings is 1. The summed E-state index contributed by atoms with van der Waals surface area (Å²) >= 11 is 1.67. The average Bonchev–Trinajstić information content (AvgIpc) is 3.33. The highest BCUT2D eigenvalue weighted by atomic mass is 32.2. The van der Waals surface area contributed by atoms with Crippen LogP contribution < -0.4 is 4.90 Å². The molecule has 1 saturated heterocycles. The van der Waals surface area contributed by atoms with Crippen molar-refractivity contribution in [1.82, 2.24) is 4.98 Å². The fourth-order valence-corrected chi connectivity index (χ4v) is 8.74. The summed E-state index contributed by atoms with van der Waals surface area (Å²) in [4.78, 5) is 7.82. The van der Waals surface area contributed by atoms with Crippen LogP contribution in [0.15, 0.2) is 40.6 Å². The summed E-state index contributed by atoms with van der Waals surface area (Å²) < 4.78 is 28.4. The van der Waals surface area contributed by atoms with Crippen molar-refractivity contribution in [2.75, 3.05) is 18.0 Å². The summed E-state index contributed by atoms with van der Waals surface area (Å²) in [5, 5.41) is 2.81. The van der Waals surface area contributed by atoms with Gasteiger partial charge >= 0.3 is 0 Å². The second-order valence-electron chi connectivity index (χ2n) is 12.0. The van der Waals surface area contributed by atoms with Gasteiger partial charge in [0.05, 0.1) is 15.8 Å². The molecule has 0 radical (unpaired) electrons. The number of sulfone groups is 1. The maximum atomic E-state index is 14.2. The fraction of sp³-hybridized carbons (Fsp3) is 0.531. The van der Waals surface area contributed by atoms with Gasteiger partial charge in [0, 0.05) is 24.9 Å². The van der Waals surface area contributed by atoms with Gasteiger partial charge < -0.3 is 4.90 Å². The number of aromatic nitrogens is 1. The summed E-state index contributed by atoms with van der Waals surface area (Å²) in [6.07, 6.45) is 2.10. The summed E-state index contributed by atoms with van der Waals surface area (Å²) in [6, 6.07) is 10.9. The van der Waals surface area contributed by atoms with Gasteiger partial charge in [-0.1, -0.05) is 77.4 Å². The molecular formula is C32H44N2O2S2. The molecule has 0 amide bonds. The Labute approximate surface area is 234 Å². The monoisotopic (exact) mass is 552 g/mol. The highest BCUT2D eigenvalue weighted by molar-refractivity contribution is 7.92. The molecular weight excluding hydrogens is 508 g/mol. The summed E-state index contributed by atoms with van der Waals surface area (Å²) in [6.45, 7) is 18.5. The molecule has 4 rings (SSSR count). The molecule has 0 aliphatic carbocycles. The standard InChI is InChI=1S/C32H44N2O2S2/c1-20(2)25-17-29(21(3)4)31(30(18-25)22(5)6)38(35,36)28-11-13-34(14-12-28)32-33-27(19-37-32)16-26-15-23(7)9-10-24(26)8/h9-10,15,17-22,28H,11-14,16H2,1-8H3. The van der Waals surface area contributed by atoms with Crippen molar-refractivity contribution in [3.8, 4) is 0 Å². The molecule has 1 aliphatic heterocycles. The first-order valence-corrected chi connectivity index (χ1v) is 16.5. The molecule has 1 aliphatic rings. The van der Waals surface area contributed by atoms with Crippen LogP contribution in [0.2, 0.25) is 0 Å². The van der Waals surface area contributed by atoms with Gasteiger partial charge in [-0.25, -0.2) is 13.4 Å². The minimum Gasteiger partial charge on any atom is -0.348 e. The third kappa shape index (κ3) is 6.02. The number of aryl methyl sites for hydroxylation is 2. The predicted octanol–water partition coefficient (Wildman–Crippen LogP) is 8.16. The molecule has 6 heteroatoms. The Hall–Kier alpha value is -2.18. The third-order valence-corrected chi connectivity index (χ3v) is 11.3. The number of nitrogens with zero attached hydrogens (tertiary/aromatic N) is 2. The number of piperidine rings is 1. The first-order chi connectivity index (χ1) is 17.9. The van der Waals surface area contributed by atoms with Crippen molar-refractivity contribution in [3.05, 3.63) is 74.8 Å². The minimum atomic E-state index is -3.45. The Bertz CT molecular complexity index is 1350. The molecule has 38 heavy (non-hydrogen) atoms. The number of anilines is 1. The molecule has 0 bridgehead atoms. The van der Waals surface area contributed by atoms with E-state index in [9.17, 15) is 8.42 Å². The van der Waals surface area contributed by atoms with Crippen LogP contribution in [0.1, 0.15) is 111 Å². The van der Waals surface area contributed by atoms with Crippen LogP contribution in [0.25, 0.3) is 0 Å². The Morgan fingerprint density at radius 3 is 2.08 bits per heavy atom. The molecule has 0 atom stereocenters. The van der Waals surface area contributed by atoms with E-state index >= 15 is 0 Å². The van der Waals surface area contributed by atoms with Crippen LogP contribution in [-0.2, 0) is 16.3 Å². The second kappa shape index (κ2) is 11.5. The van der Waals surface area contributed by atoms with Crippen LogP contribution in [-0.4, -0.2) is 31.7 Å². The van der Waals surface area contributed by atoms with Crippen molar-refractivity contribution in [3.63, 3.8) is 0 Å². The lowest BCUT2D eigenvalue weighted by Gasteiger charge is -2.33. The van der Waals surface area contributed by atoms with Crippen molar-refractivity contribution in [1.29, 1.82) is 0 Å². The first kappa shape index (κ1) is 28.8. The maximum absolute atomic E-state index is 14.2. The molecule has 2 aromatic carbocycles. The van der Waals surface area contributed by atoms with Crippen molar-refractivity contribution in [2.45, 2.75) is 103 Å². The Morgan fingerprint density at radius 1 is 0.921 bits per heavy atom. The van der Waals surface area contributed by atoms with E-state index in [1.165, 1.54) is 22.3 Å². The van der Waals surface area contributed by atoms with Crippen LogP contribution in [0.4, 0.5) is 5.13 Å². The van der Waals surface area contributed by atoms with Crippen LogP contribution in [0.3, 0.4) is 0 Å². The van der Waals surface area contributed by atoms with E-state index < -0.39 is 9.84 Å². The number of benzene rings is 2. The van der Waals surface area contributed by atoms with E-state index in [1.54, 1.807) is 11.3 Å². The minimum absolute atomic E-state index is 0.154. The quantitative estimate of drug-likeness (QED) is 0.283. The molecule has 0 saturated carbocycles. The highest BCUT2D eigenvalue weighted by Crippen LogP contribution is 2.39. The van der Waals surface area contributed by atoms with Crippen LogP contribution in [0.5, 0.6) is 0 Å². The maximum Gasteiger partial charge on any atom is 0.185 e. The molecule has 1 fully saturated rings. The van der Waals surface area contributed by atoms with Crippen molar-refractivity contribution >= 4 is 26.3 Å². The predicted molar refractivity (Wildman–Crippen MR) is 162 cm³/mol. The summed E-state index contributed by atoms with van der Waals surface area (Å²) in [7, 11) is -3.45. The second-order valence-corrected chi connectivity index (χ2v) is 15.0. The van der Waals surface area contributed by atoms with Crippen molar-refractivity contribution in [2.24, 2.45) is 0 Å². The Balaban J connectivity index is 1.54. The van der Waals surface area contributed by atoms with Gasteiger partial charge in [0.15, 0.2) is 15.0 Å². The normalized spacial score (nSPS) is 15.3. The fourth-order valence-electron chi connectivity index (χ4n) is 5.45. The van der Waals surface area contributed by atoms with E-state index in [0.29, 0.717) is 23.7 Å². The SMILES string of the molecule is Cc1ccc(C)c(Cc2csc(N3CCC(S(=O)(=O)c4c(C(C)C)cc(C(C)C)cc4C(C)C)CC3)n2)c1. The molecule has 3 aromatic rings. The van der Waals surface area contributed by atoms with Gasteiger partial charge in [0.25, 0.3) is 0 Å². The molecule has 1 aromatic heterocycles. The van der Waals surface area contributed by atoms with Crippen LogP contribution in [0, 0.1) is 13.8 Å². The molecule has 4 nitrogen and oxygen atoms in total. The topological polar surface area (TPSA) is 50.3 Å². The molecule has 0 spiro atoms. The zero-order valence-corrected chi connectivity index (χ0v) is 26.0. The lowest BCUT2D eigenvalue weighted by Crippen LogP contribution is -2.40. The van der Waals surface area contributed by atoms with Gasteiger partial charge in [0.2, 0.25) is 0 Å². The number of hydrogen-bond donors (Lipinski definition) is 0. The molecule has 0 N–H and O–H groups in total. The smallest absolute Gasteiger partial charge is 0.185 e. The van der Waals surface area contributed by atoms with E-state index in [2.05, 4.69) is 96.0 Å². The van der Waals surface area contributed by atoms with E-state index in [0.717, 1.165) is 41.5 Å². The van der Waals surface area contributed by atoms with E-state index in [-0.39, 0.29) is 17.1 Å². The largest absolute Gasteiger partial charge is 0.348 e. The Kier molecular flexibility index (Phi) is 8.73. The van der Waals surface area contributed by atoms with Gasteiger partial charge in [-0.05, 0) is 72.3 Å². The van der Waals surface area contributed by atoms with E-state index in [1.807, 2.05) is 0 Å². The zero-order valence-electron chi connectivity index (χ0n) is 24.3. The number of hydrogen-bond acceptors (Lipinski definition) is 5. The Morgan fingerprint density at radius 2 is 1.53 bits per heavy atom. The lowest BCUT2D eigenvalue weighted by atomic mass is 9.89. The van der Waals surface area contributed by atoms with Gasteiger partial charge in [-0.3, -0.25) is 0 Å². The average molecular weight is 553 g/mol. The highest BCUT2D eigenvalue weighted by Gasteiger charge is 2.36. The molecule has 0 unspecified atom stereocenters. The first-order valence-electron chi connectivity index (χ1n) is 14.1. The summed E-state index contributed by atoms with van der Waals surface area (Å²) in [5.41, 5.74) is 8.16. The van der Waals surface area contributed by atoms with Gasteiger partial charge in [-0.2, -0.15) is 0 Å². The van der Waals surface area contributed by atoms with Gasteiger partial charge in [0.1, 0.15) is 0 Å². The van der Waals surface area contributed by atoms with Gasteiger partial charge in [-0.15, -0.1) is 11.3 Å². The molecule has 206 valence electrons. The van der Waals surface area contributed by atoms with Crippen molar-refractivity contribution < 1.29 is 8.42 Å². The number of rotatable bonds is 8. The lowest BCUT2D eigenvalue weighted by molar-refractivity contribution is 0.526. The zero-order chi connectivity index (χ0) is 27.8. The third-order valence-electron chi connectivity index (χ3n) is 7.93. The molecule has 2 heterocycles. The summed E-state index contributed by atoms with van der Waals surface area (Å²) in [5.74, 6) is 0.673. The van der Waals surface area contributed by atoms with Crippen LogP contribution >= 0.6 is 11.3 Å².